The number of benzene rings is 2. The van der Waals surface area contributed by atoms with E-state index in [2.05, 4.69) is 0 Å². The van der Waals surface area contributed by atoms with Crippen LogP contribution in [0.1, 0.15) is 43.2 Å². The molecule has 5 rings (SSSR count). The summed E-state index contributed by atoms with van der Waals surface area (Å²) in [7, 11) is -7.10. The second kappa shape index (κ2) is 11.2. The van der Waals surface area contributed by atoms with Crippen LogP contribution in [-0.2, 0) is 47.5 Å². The van der Waals surface area contributed by atoms with Crippen molar-refractivity contribution in [3.8, 4) is 0 Å². The van der Waals surface area contributed by atoms with E-state index in [1.165, 1.54) is 31.4 Å². The van der Waals surface area contributed by atoms with Crippen molar-refractivity contribution in [2.75, 3.05) is 13.7 Å². The molecule has 39 heavy (non-hydrogen) atoms. The molecule has 0 bridgehead atoms. The Balaban J connectivity index is 1.40. The Labute approximate surface area is 229 Å². The van der Waals surface area contributed by atoms with Crippen LogP contribution in [0.3, 0.4) is 0 Å². The summed E-state index contributed by atoms with van der Waals surface area (Å²) in [5.41, 5.74) is 1.75. The van der Waals surface area contributed by atoms with Gasteiger partial charge in [-0.3, -0.25) is 8.37 Å². The van der Waals surface area contributed by atoms with Crippen LogP contribution in [0.5, 0.6) is 0 Å². The highest BCUT2D eigenvalue weighted by atomic mass is 32.2. The second-order valence-corrected chi connectivity index (χ2v) is 13.5. The average molecular weight is 583 g/mol. The maximum absolute atomic E-state index is 13.2. The van der Waals surface area contributed by atoms with E-state index in [1.54, 1.807) is 24.3 Å². The molecule has 5 atom stereocenters. The molecular formula is C27H34O10S2. The first-order chi connectivity index (χ1) is 18.5. The van der Waals surface area contributed by atoms with Crippen LogP contribution in [0.25, 0.3) is 0 Å². The topological polar surface area (TPSA) is 124 Å². The van der Waals surface area contributed by atoms with Gasteiger partial charge in [0.15, 0.2) is 12.1 Å². The Morgan fingerprint density at radius 3 is 1.97 bits per heavy atom. The second-order valence-electron chi connectivity index (χ2n) is 10.3. The van der Waals surface area contributed by atoms with Crippen molar-refractivity contribution in [1.29, 1.82) is 0 Å². The monoisotopic (exact) mass is 582 g/mol. The standard InChI is InChI=1S/C27H34O10S2/c1-18-7-11-20(12-8-18)38(28,29)33-17-22(37-39(30,31)21-13-9-19(2)10-14-21)23-24(32-3)25-26(34-23)36-27(35-25)15-5-4-6-16-27/h7-14,22-26H,4-6,15-17H2,1-3H3/t22-,23-,24+,25-,26-/m0/s1. The Kier molecular flexibility index (Phi) is 8.20. The molecule has 0 radical (unpaired) electrons. The summed E-state index contributed by atoms with van der Waals surface area (Å²) in [4.78, 5) is -0.146. The Morgan fingerprint density at radius 2 is 1.41 bits per heavy atom. The highest BCUT2D eigenvalue weighted by Crippen LogP contribution is 2.46. The molecule has 2 heterocycles. The van der Waals surface area contributed by atoms with Gasteiger partial charge in [-0.2, -0.15) is 16.8 Å². The molecule has 2 aromatic rings. The van der Waals surface area contributed by atoms with Crippen LogP contribution in [0.4, 0.5) is 0 Å². The summed E-state index contributed by atoms with van der Waals surface area (Å²) in [6, 6.07) is 12.2. The van der Waals surface area contributed by atoms with Crippen molar-refractivity contribution in [3.63, 3.8) is 0 Å². The molecule has 1 saturated carbocycles. The summed E-state index contributed by atoms with van der Waals surface area (Å²) < 4.78 is 87.6. The van der Waals surface area contributed by atoms with E-state index < -0.39 is 63.3 Å². The first-order valence-corrected chi connectivity index (χ1v) is 15.8. The fraction of sp³-hybridized carbons (Fsp3) is 0.556. The van der Waals surface area contributed by atoms with Gasteiger partial charge < -0.3 is 18.9 Å². The molecule has 12 heteroatoms. The van der Waals surface area contributed by atoms with Gasteiger partial charge in [0.05, 0.1) is 16.4 Å². The minimum Gasteiger partial charge on any atom is -0.376 e. The van der Waals surface area contributed by atoms with Crippen LogP contribution >= 0.6 is 0 Å². The minimum atomic E-state index is -4.33. The van der Waals surface area contributed by atoms with Gasteiger partial charge in [-0.1, -0.05) is 41.8 Å². The number of fused-ring (bicyclic) bond motifs is 1. The number of ether oxygens (including phenoxy) is 4. The molecule has 0 amide bonds. The molecular weight excluding hydrogens is 548 g/mol. The third-order valence-corrected chi connectivity index (χ3v) is 10.0. The van der Waals surface area contributed by atoms with E-state index >= 15 is 0 Å². The largest absolute Gasteiger partial charge is 0.376 e. The molecule has 214 valence electrons. The van der Waals surface area contributed by atoms with Crippen molar-refractivity contribution in [1.82, 2.24) is 0 Å². The quantitative estimate of drug-likeness (QED) is 0.405. The molecule has 0 unspecified atom stereocenters. The maximum atomic E-state index is 13.2. The Morgan fingerprint density at radius 1 is 0.846 bits per heavy atom. The maximum Gasteiger partial charge on any atom is 0.297 e. The predicted octanol–water partition coefficient (Wildman–Crippen LogP) is 3.60. The van der Waals surface area contributed by atoms with Crippen molar-refractivity contribution < 1.29 is 44.1 Å². The Hall–Kier alpha value is -1.90. The van der Waals surface area contributed by atoms with Crippen LogP contribution < -0.4 is 0 Å². The zero-order valence-electron chi connectivity index (χ0n) is 22.1. The molecule has 1 aliphatic carbocycles. The molecule has 0 N–H and O–H groups in total. The Bertz CT molecular complexity index is 1350. The van der Waals surface area contributed by atoms with Gasteiger partial charge in [0.1, 0.15) is 24.4 Å². The van der Waals surface area contributed by atoms with Crippen molar-refractivity contribution in [3.05, 3.63) is 59.7 Å². The van der Waals surface area contributed by atoms with E-state index in [0.29, 0.717) is 0 Å². The fourth-order valence-electron chi connectivity index (χ4n) is 5.28. The van der Waals surface area contributed by atoms with E-state index in [4.69, 9.17) is 27.3 Å². The average Bonchev–Trinajstić information content (AvgIpc) is 3.41. The van der Waals surface area contributed by atoms with Crippen LogP contribution in [0.2, 0.25) is 0 Å². The van der Waals surface area contributed by atoms with Gasteiger partial charge in [0, 0.05) is 20.0 Å². The SMILES string of the molecule is CO[C@H]1[C@@H]2OC3(CCCCC3)O[C@@H]2O[C@H]1[C@H](COS(=O)(=O)c1ccc(C)cc1)OS(=O)(=O)c1ccc(C)cc1. The lowest BCUT2D eigenvalue weighted by Crippen LogP contribution is -2.47. The summed E-state index contributed by atoms with van der Waals surface area (Å²) in [6.45, 7) is 3.02. The lowest BCUT2D eigenvalue weighted by atomic mass is 9.94. The third-order valence-electron chi connectivity index (χ3n) is 7.40. The van der Waals surface area contributed by atoms with Crippen LogP contribution in [-0.4, -0.2) is 67.0 Å². The van der Waals surface area contributed by atoms with Gasteiger partial charge in [-0.25, -0.2) is 0 Å². The van der Waals surface area contributed by atoms with Crippen molar-refractivity contribution >= 4 is 20.2 Å². The van der Waals surface area contributed by atoms with Gasteiger partial charge >= 0.3 is 0 Å². The molecule has 2 saturated heterocycles. The highest BCUT2D eigenvalue weighted by Gasteiger charge is 2.60. The van der Waals surface area contributed by atoms with Gasteiger partial charge in [0.25, 0.3) is 20.2 Å². The highest BCUT2D eigenvalue weighted by molar-refractivity contribution is 7.87. The summed E-state index contributed by atoms with van der Waals surface area (Å²) in [5.74, 6) is -0.759. The molecule has 0 aromatic heterocycles. The van der Waals surface area contributed by atoms with E-state index in [-0.39, 0.29) is 9.79 Å². The first-order valence-electron chi connectivity index (χ1n) is 13.0. The normalized spacial score (nSPS) is 27.5. The molecule has 2 aliphatic heterocycles. The number of hydrogen-bond donors (Lipinski definition) is 0. The van der Waals surface area contributed by atoms with E-state index in [0.717, 1.165) is 43.2 Å². The molecule has 2 aromatic carbocycles. The van der Waals surface area contributed by atoms with Gasteiger partial charge in [0.2, 0.25) is 0 Å². The number of rotatable bonds is 9. The first kappa shape index (κ1) is 28.6. The van der Waals surface area contributed by atoms with Crippen molar-refractivity contribution in [2.45, 2.75) is 92.2 Å². The fourth-order valence-corrected chi connectivity index (χ4v) is 7.27. The molecule has 3 aliphatic rings. The summed E-state index contributed by atoms with van der Waals surface area (Å²) >= 11 is 0. The summed E-state index contributed by atoms with van der Waals surface area (Å²) in [6.07, 6.45) is -0.215. The number of methoxy groups -OCH3 is 1. The smallest absolute Gasteiger partial charge is 0.297 e. The minimum absolute atomic E-state index is 0.0633. The third kappa shape index (κ3) is 6.08. The zero-order valence-corrected chi connectivity index (χ0v) is 23.8. The zero-order chi connectivity index (χ0) is 27.8. The molecule has 1 spiro atoms. The van der Waals surface area contributed by atoms with Crippen LogP contribution in [0.15, 0.2) is 58.3 Å². The number of hydrogen-bond acceptors (Lipinski definition) is 10. The van der Waals surface area contributed by atoms with Crippen molar-refractivity contribution in [2.24, 2.45) is 0 Å². The van der Waals surface area contributed by atoms with E-state index in [1.807, 2.05) is 13.8 Å². The molecule has 10 nitrogen and oxygen atoms in total. The number of aryl methyl sites for hydroxylation is 2. The van der Waals surface area contributed by atoms with E-state index in [9.17, 15) is 16.8 Å². The summed E-state index contributed by atoms with van der Waals surface area (Å²) in [5, 5.41) is 0. The van der Waals surface area contributed by atoms with Gasteiger partial charge in [-0.15, -0.1) is 0 Å². The predicted molar refractivity (Wildman–Crippen MR) is 139 cm³/mol. The lowest BCUT2D eigenvalue weighted by molar-refractivity contribution is -0.254. The van der Waals surface area contributed by atoms with Gasteiger partial charge in [-0.05, 0) is 51.0 Å². The lowest BCUT2D eigenvalue weighted by Gasteiger charge is -2.35. The molecule has 3 fully saturated rings. The van der Waals surface area contributed by atoms with Crippen LogP contribution in [0, 0.1) is 13.8 Å².